The Hall–Kier alpha value is -2.89. The number of rotatable bonds is 3. The van der Waals surface area contributed by atoms with E-state index < -0.39 is 6.10 Å². The summed E-state index contributed by atoms with van der Waals surface area (Å²) in [5.74, 6) is 0.624. The molecule has 0 saturated carbocycles. The zero-order valence-electron chi connectivity index (χ0n) is 14.7. The molecule has 6 heteroatoms. The Balaban J connectivity index is 1.56. The van der Waals surface area contributed by atoms with Gasteiger partial charge in [0.2, 0.25) is 0 Å². The van der Waals surface area contributed by atoms with Crippen LogP contribution in [0.3, 0.4) is 0 Å². The highest BCUT2D eigenvalue weighted by Crippen LogP contribution is 2.36. The van der Waals surface area contributed by atoms with Crippen molar-refractivity contribution >= 4 is 49.9 Å². The molecule has 1 aliphatic rings. The topological polar surface area (TPSA) is 42.4 Å². The van der Waals surface area contributed by atoms with Crippen molar-refractivity contribution in [3.8, 4) is 5.75 Å². The molecule has 0 aliphatic carbocycles. The average Bonchev–Trinajstić information content (AvgIpc) is 3.33. The predicted molar refractivity (Wildman–Crippen MR) is 113 cm³/mol. The summed E-state index contributed by atoms with van der Waals surface area (Å²) in [4.78, 5) is 19.8. The van der Waals surface area contributed by atoms with E-state index in [4.69, 9.17) is 16.3 Å². The first-order valence-corrected chi connectivity index (χ1v) is 10.1. The molecule has 0 saturated heterocycles. The van der Waals surface area contributed by atoms with E-state index in [1.54, 1.807) is 17.0 Å². The maximum atomic E-state index is 13.5. The lowest BCUT2D eigenvalue weighted by Crippen LogP contribution is -2.38. The zero-order chi connectivity index (χ0) is 19.1. The molecular formula is C22H15ClN2O2S. The number of hydrogen-bond donors (Lipinski definition) is 0. The highest BCUT2D eigenvalue weighted by molar-refractivity contribution is 7.22. The Morgan fingerprint density at radius 1 is 1.04 bits per heavy atom. The first-order chi connectivity index (χ1) is 13.7. The molecule has 0 fully saturated rings. The Morgan fingerprint density at radius 2 is 1.79 bits per heavy atom. The highest BCUT2D eigenvalue weighted by Gasteiger charge is 2.35. The second-order valence-electron chi connectivity index (χ2n) is 6.53. The van der Waals surface area contributed by atoms with Crippen LogP contribution in [0, 0.1) is 0 Å². The normalized spacial score (nSPS) is 15.2. The van der Waals surface area contributed by atoms with E-state index >= 15 is 0 Å². The van der Waals surface area contributed by atoms with Crippen LogP contribution >= 0.6 is 22.9 Å². The number of fused-ring (bicyclic) bond motifs is 2. The minimum atomic E-state index is -0.583. The molecule has 5 rings (SSSR count). The molecule has 3 aromatic carbocycles. The fourth-order valence-corrected chi connectivity index (χ4v) is 4.46. The van der Waals surface area contributed by atoms with Gasteiger partial charge < -0.3 is 4.74 Å². The van der Waals surface area contributed by atoms with Gasteiger partial charge in [-0.15, -0.1) is 0 Å². The maximum Gasteiger partial charge on any atom is 0.274 e. The number of anilines is 2. The third-order valence-corrected chi connectivity index (χ3v) is 5.98. The maximum absolute atomic E-state index is 13.5. The zero-order valence-corrected chi connectivity index (χ0v) is 16.3. The molecule has 0 bridgehead atoms. The Morgan fingerprint density at radius 3 is 2.57 bits per heavy atom. The van der Waals surface area contributed by atoms with Crippen LogP contribution in [-0.4, -0.2) is 17.0 Å². The number of carbonyl (C=O) groups is 1. The van der Waals surface area contributed by atoms with Gasteiger partial charge in [0, 0.05) is 11.4 Å². The number of nitrogens with zero attached hydrogens (tertiary/aromatic N) is 2. The van der Waals surface area contributed by atoms with Gasteiger partial charge in [-0.1, -0.05) is 53.3 Å². The number of benzene rings is 3. The van der Waals surface area contributed by atoms with Crippen LogP contribution in [0.1, 0.15) is 5.56 Å². The Bertz CT molecular complexity index is 1110. The smallest absolute Gasteiger partial charge is 0.274 e. The molecule has 28 heavy (non-hydrogen) atoms. The number of amides is 1. The summed E-state index contributed by atoms with van der Waals surface area (Å²) in [6.07, 6.45) is -0.0376. The van der Waals surface area contributed by atoms with Gasteiger partial charge in [0.05, 0.1) is 15.9 Å². The molecule has 2 heterocycles. The number of ether oxygens (including phenoxy) is 1. The Labute approximate surface area is 171 Å². The number of para-hydroxylation sites is 2. The van der Waals surface area contributed by atoms with E-state index in [0.29, 0.717) is 22.3 Å². The van der Waals surface area contributed by atoms with Crippen LogP contribution in [0.15, 0.2) is 72.8 Å². The number of aromatic nitrogens is 1. The number of hydrogen-bond acceptors (Lipinski definition) is 4. The SMILES string of the molecule is O=C(C1Cc2ccccc2O1)N(c1ccc(Cl)cc1)c1nc2ccccc2s1. The van der Waals surface area contributed by atoms with Crippen molar-refractivity contribution in [1.29, 1.82) is 0 Å². The van der Waals surface area contributed by atoms with Crippen molar-refractivity contribution in [2.24, 2.45) is 0 Å². The van der Waals surface area contributed by atoms with E-state index in [1.807, 2.05) is 60.7 Å². The van der Waals surface area contributed by atoms with E-state index in [0.717, 1.165) is 21.5 Å². The lowest BCUT2D eigenvalue weighted by Gasteiger charge is -2.23. The summed E-state index contributed by atoms with van der Waals surface area (Å²) in [5.41, 5.74) is 2.62. The highest BCUT2D eigenvalue weighted by atomic mass is 35.5. The molecule has 1 aliphatic heterocycles. The summed E-state index contributed by atoms with van der Waals surface area (Å²) in [6.45, 7) is 0. The Kier molecular flexibility index (Phi) is 4.26. The molecule has 1 unspecified atom stereocenters. The summed E-state index contributed by atoms with van der Waals surface area (Å²) >= 11 is 7.53. The molecule has 138 valence electrons. The van der Waals surface area contributed by atoms with Crippen molar-refractivity contribution in [1.82, 2.24) is 4.98 Å². The van der Waals surface area contributed by atoms with Crippen molar-refractivity contribution in [3.05, 3.63) is 83.4 Å². The minimum Gasteiger partial charge on any atom is -0.480 e. The fraction of sp³-hybridized carbons (Fsp3) is 0.0909. The molecule has 0 N–H and O–H groups in total. The summed E-state index contributed by atoms with van der Waals surface area (Å²) in [6, 6.07) is 22.8. The molecule has 0 spiro atoms. The first-order valence-electron chi connectivity index (χ1n) is 8.89. The molecule has 4 nitrogen and oxygen atoms in total. The van der Waals surface area contributed by atoms with Gasteiger partial charge in [-0.2, -0.15) is 0 Å². The quantitative estimate of drug-likeness (QED) is 0.443. The van der Waals surface area contributed by atoms with Gasteiger partial charge in [-0.05, 0) is 48.0 Å². The number of halogens is 1. The summed E-state index contributed by atoms with van der Waals surface area (Å²) in [5, 5.41) is 1.23. The van der Waals surface area contributed by atoms with Crippen molar-refractivity contribution < 1.29 is 9.53 Å². The molecule has 1 atom stereocenters. The fourth-order valence-electron chi connectivity index (χ4n) is 3.34. The van der Waals surface area contributed by atoms with Crippen molar-refractivity contribution in [3.63, 3.8) is 0 Å². The van der Waals surface area contributed by atoms with Gasteiger partial charge >= 0.3 is 0 Å². The van der Waals surface area contributed by atoms with Gasteiger partial charge in [-0.25, -0.2) is 4.98 Å². The van der Waals surface area contributed by atoms with Gasteiger partial charge in [-0.3, -0.25) is 9.69 Å². The van der Waals surface area contributed by atoms with Crippen LogP contribution < -0.4 is 9.64 Å². The van der Waals surface area contributed by atoms with Crippen LogP contribution in [0.2, 0.25) is 5.02 Å². The van der Waals surface area contributed by atoms with Crippen LogP contribution in [-0.2, 0) is 11.2 Å². The summed E-state index contributed by atoms with van der Waals surface area (Å²) < 4.78 is 6.98. The largest absolute Gasteiger partial charge is 0.480 e. The van der Waals surface area contributed by atoms with E-state index in [2.05, 4.69) is 4.98 Å². The second kappa shape index (κ2) is 6.93. The van der Waals surface area contributed by atoms with Gasteiger partial charge in [0.15, 0.2) is 11.2 Å². The molecular weight excluding hydrogens is 392 g/mol. The molecule has 1 aromatic heterocycles. The number of carbonyl (C=O) groups excluding carboxylic acids is 1. The average molecular weight is 407 g/mol. The third-order valence-electron chi connectivity index (χ3n) is 4.70. The lowest BCUT2D eigenvalue weighted by atomic mass is 10.1. The number of thiazole rings is 1. The van der Waals surface area contributed by atoms with Crippen LogP contribution in [0.5, 0.6) is 5.75 Å². The molecule has 0 radical (unpaired) electrons. The molecule has 1 amide bonds. The van der Waals surface area contributed by atoms with E-state index in [9.17, 15) is 4.79 Å². The van der Waals surface area contributed by atoms with E-state index in [1.165, 1.54) is 11.3 Å². The predicted octanol–water partition coefficient (Wildman–Crippen LogP) is 5.62. The van der Waals surface area contributed by atoms with E-state index in [-0.39, 0.29) is 5.91 Å². The molecule has 4 aromatic rings. The minimum absolute atomic E-state index is 0.141. The van der Waals surface area contributed by atoms with Gasteiger partial charge in [0.25, 0.3) is 5.91 Å². The monoisotopic (exact) mass is 406 g/mol. The van der Waals surface area contributed by atoms with Gasteiger partial charge in [0.1, 0.15) is 5.75 Å². The van der Waals surface area contributed by atoms with Crippen LogP contribution in [0.4, 0.5) is 10.8 Å². The second-order valence-corrected chi connectivity index (χ2v) is 7.98. The standard InChI is InChI=1S/C22H15ClN2O2S/c23-15-9-11-16(12-10-15)25(22-24-17-6-2-4-8-20(17)28-22)21(26)19-13-14-5-1-3-7-18(14)27-19/h1-12,19H,13H2. The van der Waals surface area contributed by atoms with Crippen molar-refractivity contribution in [2.75, 3.05) is 4.90 Å². The summed E-state index contributed by atoms with van der Waals surface area (Å²) in [7, 11) is 0. The lowest BCUT2D eigenvalue weighted by molar-refractivity contribution is -0.123. The third kappa shape index (κ3) is 3.03. The van der Waals surface area contributed by atoms with Crippen LogP contribution in [0.25, 0.3) is 10.2 Å². The van der Waals surface area contributed by atoms with Crippen molar-refractivity contribution in [2.45, 2.75) is 12.5 Å². The first kappa shape index (κ1) is 17.2.